The van der Waals surface area contributed by atoms with Gasteiger partial charge in [0.1, 0.15) is 11.2 Å². The lowest BCUT2D eigenvalue weighted by molar-refractivity contribution is -0.116. The van der Waals surface area contributed by atoms with E-state index in [1.165, 1.54) is 0 Å². The molecule has 5 nitrogen and oxygen atoms in total. The summed E-state index contributed by atoms with van der Waals surface area (Å²) >= 11 is 6.81. The number of halogens is 2. The first-order valence-electron chi connectivity index (χ1n) is 9.02. The number of hydrogen-bond donors (Lipinski definition) is 1. The Morgan fingerprint density at radius 1 is 1.07 bits per heavy atom. The molecule has 0 bridgehead atoms. The van der Waals surface area contributed by atoms with Crippen LogP contribution in [0.15, 0.2) is 59.2 Å². The van der Waals surface area contributed by atoms with Crippen molar-refractivity contribution in [2.45, 2.75) is 26.7 Å². The summed E-state index contributed by atoms with van der Waals surface area (Å²) in [6.45, 7) is 3.86. The van der Waals surface area contributed by atoms with E-state index in [4.69, 9.17) is 8.83 Å². The number of fused-ring (bicyclic) bond motifs is 2. The molecule has 0 aliphatic carbocycles. The SMILES string of the molecule is Cc1coc2cc3oc(=O)c(CCC(=O)Nc4ccc(Br)cc4Br)c(C)c3cc12. The van der Waals surface area contributed by atoms with Gasteiger partial charge in [-0.2, -0.15) is 0 Å². The van der Waals surface area contributed by atoms with Gasteiger partial charge >= 0.3 is 5.63 Å². The summed E-state index contributed by atoms with van der Waals surface area (Å²) in [7, 11) is 0. The van der Waals surface area contributed by atoms with E-state index in [9.17, 15) is 9.59 Å². The number of carbonyl (C=O) groups excluding carboxylic acids is 1. The predicted molar refractivity (Wildman–Crippen MR) is 121 cm³/mol. The van der Waals surface area contributed by atoms with Gasteiger partial charge in [-0.15, -0.1) is 0 Å². The van der Waals surface area contributed by atoms with E-state index in [2.05, 4.69) is 37.2 Å². The van der Waals surface area contributed by atoms with Gasteiger partial charge < -0.3 is 14.2 Å². The number of nitrogens with one attached hydrogen (secondary N) is 1. The van der Waals surface area contributed by atoms with Crippen LogP contribution in [0, 0.1) is 13.8 Å². The van der Waals surface area contributed by atoms with Crippen LogP contribution in [-0.4, -0.2) is 5.91 Å². The van der Waals surface area contributed by atoms with Crippen LogP contribution in [0.1, 0.15) is 23.1 Å². The molecule has 4 aromatic rings. The zero-order chi connectivity index (χ0) is 20.7. The standard InChI is InChI=1S/C22H17Br2NO4/c1-11-10-28-19-9-20-16(8-15(11)19)12(2)14(22(27)29-20)4-6-21(26)25-18-5-3-13(23)7-17(18)24/h3,5,7-10H,4,6H2,1-2H3,(H,25,26). The molecule has 2 heterocycles. The monoisotopic (exact) mass is 517 g/mol. The summed E-state index contributed by atoms with van der Waals surface area (Å²) in [5.74, 6) is -0.173. The van der Waals surface area contributed by atoms with Crippen LogP contribution in [0.4, 0.5) is 5.69 Å². The number of aryl methyl sites for hydroxylation is 2. The van der Waals surface area contributed by atoms with Gasteiger partial charge in [-0.05, 0) is 71.6 Å². The summed E-state index contributed by atoms with van der Waals surface area (Å²) in [5, 5.41) is 4.70. The van der Waals surface area contributed by atoms with Crippen molar-refractivity contribution in [2.24, 2.45) is 0 Å². The molecule has 0 saturated carbocycles. The summed E-state index contributed by atoms with van der Waals surface area (Å²) in [6, 6.07) is 9.23. The molecule has 0 atom stereocenters. The highest BCUT2D eigenvalue weighted by atomic mass is 79.9. The lowest BCUT2D eigenvalue weighted by Gasteiger charge is -2.10. The maximum atomic E-state index is 12.5. The Morgan fingerprint density at radius 2 is 1.86 bits per heavy atom. The zero-order valence-corrected chi connectivity index (χ0v) is 18.9. The fraction of sp³-hybridized carbons (Fsp3) is 0.182. The molecule has 0 aliphatic heterocycles. The highest BCUT2D eigenvalue weighted by Crippen LogP contribution is 2.29. The Kier molecular flexibility index (Phi) is 5.36. The molecule has 7 heteroatoms. The first kappa shape index (κ1) is 19.9. The number of anilines is 1. The highest BCUT2D eigenvalue weighted by molar-refractivity contribution is 9.11. The van der Waals surface area contributed by atoms with Gasteiger partial charge in [-0.25, -0.2) is 4.79 Å². The van der Waals surface area contributed by atoms with Gasteiger partial charge in [0.2, 0.25) is 5.91 Å². The van der Waals surface area contributed by atoms with E-state index in [0.29, 0.717) is 28.8 Å². The third-order valence-electron chi connectivity index (χ3n) is 4.98. The van der Waals surface area contributed by atoms with Crippen molar-refractivity contribution in [1.29, 1.82) is 0 Å². The first-order chi connectivity index (χ1) is 13.8. The van der Waals surface area contributed by atoms with E-state index in [1.807, 2.05) is 32.0 Å². The van der Waals surface area contributed by atoms with E-state index in [-0.39, 0.29) is 12.3 Å². The number of furan rings is 1. The molecule has 4 rings (SSSR count). The Hall–Kier alpha value is -2.38. The number of amides is 1. The molecular weight excluding hydrogens is 502 g/mol. The fourth-order valence-electron chi connectivity index (χ4n) is 3.37. The zero-order valence-electron chi connectivity index (χ0n) is 15.8. The van der Waals surface area contributed by atoms with E-state index >= 15 is 0 Å². The van der Waals surface area contributed by atoms with Gasteiger partial charge in [-0.3, -0.25) is 4.79 Å². The van der Waals surface area contributed by atoms with Gasteiger partial charge in [-0.1, -0.05) is 15.9 Å². The molecule has 1 amide bonds. The molecular formula is C22H17Br2NO4. The summed E-state index contributed by atoms with van der Waals surface area (Å²) in [4.78, 5) is 24.9. The molecule has 0 radical (unpaired) electrons. The Morgan fingerprint density at radius 3 is 2.62 bits per heavy atom. The average Bonchev–Trinajstić information content (AvgIpc) is 3.02. The van der Waals surface area contributed by atoms with Crippen LogP contribution in [-0.2, 0) is 11.2 Å². The first-order valence-corrected chi connectivity index (χ1v) is 10.6. The van der Waals surface area contributed by atoms with Gasteiger partial charge in [0.05, 0.1) is 12.0 Å². The molecule has 29 heavy (non-hydrogen) atoms. The Labute approximate surface area is 183 Å². The minimum atomic E-state index is -0.421. The second-order valence-corrected chi connectivity index (χ2v) is 8.70. The minimum absolute atomic E-state index is 0.173. The summed E-state index contributed by atoms with van der Waals surface area (Å²) in [5.41, 5.74) is 3.80. The van der Waals surface area contributed by atoms with Crippen LogP contribution in [0.5, 0.6) is 0 Å². The van der Waals surface area contributed by atoms with Crippen LogP contribution >= 0.6 is 31.9 Å². The molecule has 0 unspecified atom stereocenters. The second-order valence-electron chi connectivity index (χ2n) is 6.93. The van der Waals surface area contributed by atoms with Crippen LogP contribution < -0.4 is 10.9 Å². The molecule has 2 aromatic carbocycles. The molecule has 1 N–H and O–H groups in total. The van der Waals surface area contributed by atoms with Crippen LogP contribution in [0.25, 0.3) is 21.9 Å². The largest absolute Gasteiger partial charge is 0.464 e. The van der Waals surface area contributed by atoms with Crippen molar-refractivity contribution >= 4 is 65.4 Å². The van der Waals surface area contributed by atoms with Crippen molar-refractivity contribution in [3.05, 3.63) is 72.7 Å². The van der Waals surface area contributed by atoms with Crippen molar-refractivity contribution in [2.75, 3.05) is 5.32 Å². The Balaban J connectivity index is 1.60. The molecule has 2 aromatic heterocycles. The number of rotatable bonds is 4. The lowest BCUT2D eigenvalue weighted by atomic mass is 10.0. The van der Waals surface area contributed by atoms with Crippen LogP contribution in [0.2, 0.25) is 0 Å². The molecule has 148 valence electrons. The highest BCUT2D eigenvalue weighted by Gasteiger charge is 2.16. The van der Waals surface area contributed by atoms with Crippen molar-refractivity contribution < 1.29 is 13.6 Å². The normalized spacial score (nSPS) is 11.3. The number of hydrogen-bond acceptors (Lipinski definition) is 4. The lowest BCUT2D eigenvalue weighted by Crippen LogP contribution is -2.16. The van der Waals surface area contributed by atoms with E-state index in [0.717, 1.165) is 30.8 Å². The van der Waals surface area contributed by atoms with Gasteiger partial charge in [0.15, 0.2) is 0 Å². The fourth-order valence-corrected chi connectivity index (χ4v) is 4.51. The third kappa shape index (κ3) is 3.89. The number of carbonyl (C=O) groups is 1. The molecule has 0 saturated heterocycles. The summed E-state index contributed by atoms with van der Waals surface area (Å²) < 4.78 is 12.7. The van der Waals surface area contributed by atoms with E-state index in [1.54, 1.807) is 18.4 Å². The minimum Gasteiger partial charge on any atom is -0.464 e. The maximum Gasteiger partial charge on any atom is 0.339 e. The van der Waals surface area contributed by atoms with Gasteiger partial charge in [0, 0.05) is 37.8 Å². The maximum absolute atomic E-state index is 12.5. The van der Waals surface area contributed by atoms with Crippen LogP contribution in [0.3, 0.4) is 0 Å². The molecule has 0 spiro atoms. The van der Waals surface area contributed by atoms with Gasteiger partial charge in [0.25, 0.3) is 0 Å². The molecule has 0 aliphatic rings. The van der Waals surface area contributed by atoms with E-state index < -0.39 is 5.63 Å². The smallest absolute Gasteiger partial charge is 0.339 e. The third-order valence-corrected chi connectivity index (χ3v) is 6.13. The quantitative estimate of drug-likeness (QED) is 0.324. The number of benzene rings is 2. The Bertz CT molecular complexity index is 1320. The average molecular weight is 519 g/mol. The topological polar surface area (TPSA) is 72.5 Å². The second kappa shape index (κ2) is 7.80. The van der Waals surface area contributed by atoms with Crippen molar-refractivity contribution in [3.63, 3.8) is 0 Å². The molecule has 0 fully saturated rings. The predicted octanol–water partition coefficient (Wildman–Crippen LogP) is 6.25. The van der Waals surface area contributed by atoms with Crippen molar-refractivity contribution in [1.82, 2.24) is 0 Å². The van der Waals surface area contributed by atoms with Crippen molar-refractivity contribution in [3.8, 4) is 0 Å². The summed E-state index contributed by atoms with van der Waals surface area (Å²) in [6.07, 6.45) is 2.15.